The quantitative estimate of drug-likeness (QED) is 0.847. The summed E-state index contributed by atoms with van der Waals surface area (Å²) in [6.07, 6.45) is 1.22. The Morgan fingerprint density at radius 2 is 2.10 bits per heavy atom. The molecule has 0 aromatic heterocycles. The van der Waals surface area contributed by atoms with E-state index < -0.39 is 0 Å². The Hall–Kier alpha value is -0.950. The zero-order valence-electron chi connectivity index (χ0n) is 12.4. The zero-order chi connectivity index (χ0) is 14.4. The Balaban J connectivity index is 2.06. The molecule has 3 heteroatoms. The van der Waals surface area contributed by atoms with Gasteiger partial charge in [0, 0.05) is 29.2 Å². The van der Waals surface area contributed by atoms with Crippen LogP contribution in [0.1, 0.15) is 31.4 Å². The highest BCUT2D eigenvalue weighted by Gasteiger charge is 2.23. The van der Waals surface area contributed by atoms with Gasteiger partial charge < -0.3 is 5.11 Å². The van der Waals surface area contributed by atoms with E-state index in [1.54, 1.807) is 0 Å². The van der Waals surface area contributed by atoms with Gasteiger partial charge >= 0.3 is 0 Å². The lowest BCUT2D eigenvalue weighted by Crippen LogP contribution is -2.27. The SMILES string of the molecule is CC1(C)CCN(Cc2ccccc2C#CCO)CCS1. The van der Waals surface area contributed by atoms with Crippen molar-refractivity contribution in [3.8, 4) is 11.8 Å². The molecule has 1 aromatic rings. The van der Waals surface area contributed by atoms with E-state index in [4.69, 9.17) is 5.11 Å². The molecule has 0 atom stereocenters. The predicted octanol–water partition coefficient (Wildman–Crippen LogP) is 2.75. The maximum atomic E-state index is 8.85. The lowest BCUT2D eigenvalue weighted by molar-refractivity contribution is 0.276. The summed E-state index contributed by atoms with van der Waals surface area (Å²) in [5.74, 6) is 7.00. The molecule has 2 nitrogen and oxygen atoms in total. The van der Waals surface area contributed by atoms with Crippen LogP contribution in [0.5, 0.6) is 0 Å². The van der Waals surface area contributed by atoms with E-state index in [1.807, 2.05) is 12.1 Å². The number of aliphatic hydroxyl groups excluding tert-OH is 1. The van der Waals surface area contributed by atoms with Crippen molar-refractivity contribution in [2.75, 3.05) is 25.4 Å². The molecule has 108 valence electrons. The topological polar surface area (TPSA) is 23.5 Å². The second kappa shape index (κ2) is 7.17. The first-order valence-electron chi connectivity index (χ1n) is 7.15. The summed E-state index contributed by atoms with van der Waals surface area (Å²) >= 11 is 2.07. The first-order valence-corrected chi connectivity index (χ1v) is 8.13. The van der Waals surface area contributed by atoms with E-state index in [0.717, 1.165) is 25.2 Å². The number of hydrogen-bond donors (Lipinski definition) is 1. The van der Waals surface area contributed by atoms with Gasteiger partial charge in [0.2, 0.25) is 0 Å². The fourth-order valence-electron chi connectivity index (χ4n) is 2.38. The summed E-state index contributed by atoms with van der Waals surface area (Å²) in [4.78, 5) is 2.52. The van der Waals surface area contributed by atoms with Crippen LogP contribution in [-0.2, 0) is 6.54 Å². The average molecular weight is 289 g/mol. The lowest BCUT2D eigenvalue weighted by Gasteiger charge is -2.23. The van der Waals surface area contributed by atoms with E-state index in [1.165, 1.54) is 17.7 Å². The van der Waals surface area contributed by atoms with Crippen LogP contribution in [0.4, 0.5) is 0 Å². The van der Waals surface area contributed by atoms with E-state index in [2.05, 4.69) is 54.5 Å². The molecule has 1 saturated heterocycles. The van der Waals surface area contributed by atoms with Crippen LogP contribution < -0.4 is 0 Å². The summed E-state index contributed by atoms with van der Waals surface area (Å²) < 4.78 is 0.394. The Kier molecular flexibility index (Phi) is 5.54. The van der Waals surface area contributed by atoms with Crippen molar-refractivity contribution in [3.05, 3.63) is 35.4 Å². The van der Waals surface area contributed by atoms with Gasteiger partial charge in [0.15, 0.2) is 0 Å². The maximum Gasteiger partial charge on any atom is 0.104 e. The highest BCUT2D eigenvalue weighted by atomic mass is 32.2. The molecule has 2 rings (SSSR count). The van der Waals surface area contributed by atoms with Crippen molar-refractivity contribution in [2.45, 2.75) is 31.6 Å². The standard InChI is InChI=1S/C17H23NOS/c1-17(2)9-10-18(11-13-20-17)14-16-7-4-3-6-15(16)8-5-12-19/h3-4,6-7,19H,9-14H2,1-2H3. The molecule has 0 radical (unpaired) electrons. The summed E-state index contributed by atoms with van der Waals surface area (Å²) in [6, 6.07) is 8.25. The molecule has 1 N–H and O–H groups in total. The van der Waals surface area contributed by atoms with Crippen LogP contribution in [0.15, 0.2) is 24.3 Å². The van der Waals surface area contributed by atoms with Crippen molar-refractivity contribution in [1.82, 2.24) is 4.90 Å². The van der Waals surface area contributed by atoms with Crippen molar-refractivity contribution >= 4 is 11.8 Å². The molecule has 0 spiro atoms. The molecule has 0 saturated carbocycles. The predicted molar refractivity (Wildman–Crippen MR) is 86.8 cm³/mol. The smallest absolute Gasteiger partial charge is 0.104 e. The highest BCUT2D eigenvalue weighted by Crippen LogP contribution is 2.31. The highest BCUT2D eigenvalue weighted by molar-refractivity contribution is 8.00. The Morgan fingerprint density at radius 1 is 1.30 bits per heavy atom. The summed E-state index contributed by atoms with van der Waals surface area (Å²) in [5.41, 5.74) is 2.30. The third kappa shape index (κ3) is 4.56. The second-order valence-corrected chi connectivity index (χ2v) is 7.55. The van der Waals surface area contributed by atoms with E-state index in [0.29, 0.717) is 4.75 Å². The van der Waals surface area contributed by atoms with Gasteiger partial charge in [0.25, 0.3) is 0 Å². The number of aliphatic hydroxyl groups is 1. The van der Waals surface area contributed by atoms with Gasteiger partial charge in [-0.05, 0) is 24.6 Å². The van der Waals surface area contributed by atoms with Crippen molar-refractivity contribution < 1.29 is 5.11 Å². The summed E-state index contributed by atoms with van der Waals surface area (Å²) in [6.45, 7) is 7.82. The fraction of sp³-hybridized carbons (Fsp3) is 0.529. The van der Waals surface area contributed by atoms with Gasteiger partial charge in [-0.15, -0.1) is 0 Å². The molecule has 1 aromatic carbocycles. The zero-order valence-corrected chi connectivity index (χ0v) is 13.2. The number of nitrogens with zero attached hydrogens (tertiary/aromatic N) is 1. The molecule has 1 heterocycles. The average Bonchev–Trinajstić information content (AvgIpc) is 2.59. The van der Waals surface area contributed by atoms with Crippen LogP contribution in [0.2, 0.25) is 0 Å². The van der Waals surface area contributed by atoms with Crippen molar-refractivity contribution in [3.63, 3.8) is 0 Å². The van der Waals surface area contributed by atoms with Crippen LogP contribution in [0.25, 0.3) is 0 Å². The van der Waals surface area contributed by atoms with E-state index in [9.17, 15) is 0 Å². The van der Waals surface area contributed by atoms with Gasteiger partial charge in [0.05, 0.1) is 0 Å². The number of benzene rings is 1. The first kappa shape index (κ1) is 15.4. The minimum Gasteiger partial charge on any atom is -0.384 e. The minimum absolute atomic E-state index is 0.0805. The summed E-state index contributed by atoms with van der Waals surface area (Å²) in [7, 11) is 0. The van der Waals surface area contributed by atoms with Gasteiger partial charge in [-0.25, -0.2) is 0 Å². The molecule has 1 aliphatic rings. The van der Waals surface area contributed by atoms with E-state index >= 15 is 0 Å². The van der Waals surface area contributed by atoms with Crippen LogP contribution in [0, 0.1) is 11.8 Å². The first-order chi connectivity index (χ1) is 9.61. The Labute approximate surface area is 126 Å². The summed E-state index contributed by atoms with van der Waals surface area (Å²) in [5, 5.41) is 8.85. The fourth-order valence-corrected chi connectivity index (χ4v) is 3.51. The largest absolute Gasteiger partial charge is 0.384 e. The van der Waals surface area contributed by atoms with Crippen molar-refractivity contribution in [1.29, 1.82) is 0 Å². The third-order valence-corrected chi connectivity index (χ3v) is 5.02. The molecule has 1 aliphatic heterocycles. The Bertz CT molecular complexity index is 501. The second-order valence-electron chi connectivity index (χ2n) is 5.75. The van der Waals surface area contributed by atoms with Gasteiger partial charge in [0.1, 0.15) is 6.61 Å². The van der Waals surface area contributed by atoms with E-state index in [-0.39, 0.29) is 6.61 Å². The molecule has 0 bridgehead atoms. The van der Waals surface area contributed by atoms with Crippen LogP contribution in [-0.4, -0.2) is 40.2 Å². The van der Waals surface area contributed by atoms with Crippen LogP contribution in [0.3, 0.4) is 0 Å². The maximum absolute atomic E-state index is 8.85. The minimum atomic E-state index is -0.0805. The Morgan fingerprint density at radius 3 is 2.90 bits per heavy atom. The number of rotatable bonds is 2. The van der Waals surface area contributed by atoms with Gasteiger partial charge in [-0.2, -0.15) is 11.8 Å². The molecule has 1 fully saturated rings. The molecular formula is C17H23NOS. The van der Waals surface area contributed by atoms with Crippen molar-refractivity contribution in [2.24, 2.45) is 0 Å². The van der Waals surface area contributed by atoms with Gasteiger partial charge in [-0.1, -0.05) is 43.9 Å². The monoisotopic (exact) mass is 289 g/mol. The molecule has 0 amide bonds. The molecule has 0 unspecified atom stereocenters. The molecule has 0 aliphatic carbocycles. The third-order valence-electron chi connectivity index (χ3n) is 3.64. The van der Waals surface area contributed by atoms with Gasteiger partial charge in [-0.3, -0.25) is 4.90 Å². The molecule has 20 heavy (non-hydrogen) atoms. The number of thioether (sulfide) groups is 1. The van der Waals surface area contributed by atoms with Crippen LogP contribution >= 0.6 is 11.8 Å². The number of hydrogen-bond acceptors (Lipinski definition) is 3. The normalized spacial score (nSPS) is 18.9. The molecular weight excluding hydrogens is 266 g/mol. The lowest BCUT2D eigenvalue weighted by atomic mass is 10.1.